The van der Waals surface area contributed by atoms with E-state index in [0.717, 1.165) is 16.3 Å². The molecule has 28 heavy (non-hydrogen) atoms. The Morgan fingerprint density at radius 2 is 1.21 bits per heavy atom. The second-order valence-electron chi connectivity index (χ2n) is 6.06. The molecule has 0 bridgehead atoms. The summed E-state index contributed by atoms with van der Waals surface area (Å²) in [6.45, 7) is 1.83. The van der Waals surface area contributed by atoms with Gasteiger partial charge in [0.15, 0.2) is 0 Å². The third kappa shape index (κ3) is 6.14. The molecule has 0 saturated heterocycles. The van der Waals surface area contributed by atoms with Crippen LogP contribution >= 0.6 is 0 Å². The minimum absolute atomic E-state index is 0.0880. The molecule has 0 saturated carbocycles. The van der Waals surface area contributed by atoms with Crippen LogP contribution in [0.4, 0.5) is 5.69 Å². The summed E-state index contributed by atoms with van der Waals surface area (Å²) in [5.41, 5.74) is 6.81. The molecular formula is C23H23NO4. The molecule has 0 unspecified atom stereocenters. The van der Waals surface area contributed by atoms with Gasteiger partial charge in [0.05, 0.1) is 0 Å². The molecular weight excluding hydrogens is 354 g/mol. The number of fused-ring (bicyclic) bond motifs is 1. The van der Waals surface area contributed by atoms with Crippen molar-refractivity contribution in [2.75, 3.05) is 5.73 Å². The number of hydrogen-bond acceptors (Lipinski definition) is 5. The van der Waals surface area contributed by atoms with Crippen LogP contribution in [0.25, 0.3) is 10.8 Å². The number of aryl methyl sites for hydroxylation is 1. The summed E-state index contributed by atoms with van der Waals surface area (Å²) in [6.07, 6.45) is 0. The highest BCUT2D eigenvalue weighted by Gasteiger charge is 1.94. The molecule has 0 heterocycles. The maximum atomic E-state index is 9.37. The predicted octanol–water partition coefficient (Wildman–Crippen LogP) is 4.93. The summed E-state index contributed by atoms with van der Waals surface area (Å²) in [4.78, 5) is 0. The molecule has 6 N–H and O–H groups in total. The molecule has 5 heteroatoms. The first kappa shape index (κ1) is 20.5. The third-order valence-corrected chi connectivity index (χ3v) is 3.83. The molecule has 4 rings (SSSR count). The van der Waals surface area contributed by atoms with Crippen molar-refractivity contribution in [3.63, 3.8) is 0 Å². The molecule has 5 nitrogen and oxygen atoms in total. The van der Waals surface area contributed by atoms with Crippen LogP contribution in [0.1, 0.15) is 5.56 Å². The normalized spacial score (nSPS) is 9.61. The number of benzene rings is 4. The van der Waals surface area contributed by atoms with Crippen LogP contribution in [0, 0.1) is 6.92 Å². The van der Waals surface area contributed by atoms with Crippen LogP contribution in [0.3, 0.4) is 0 Å². The van der Waals surface area contributed by atoms with E-state index in [1.54, 1.807) is 24.3 Å². The summed E-state index contributed by atoms with van der Waals surface area (Å²) >= 11 is 0. The van der Waals surface area contributed by atoms with E-state index >= 15 is 0 Å². The Morgan fingerprint density at radius 3 is 1.75 bits per heavy atom. The van der Waals surface area contributed by atoms with E-state index in [2.05, 4.69) is 0 Å². The second kappa shape index (κ2) is 9.73. The Balaban J connectivity index is 0.000000153. The Hall–Kier alpha value is -3.86. The van der Waals surface area contributed by atoms with Crippen molar-refractivity contribution in [1.82, 2.24) is 0 Å². The number of phenols is 4. The zero-order chi connectivity index (χ0) is 20.5. The van der Waals surface area contributed by atoms with Gasteiger partial charge in [-0.25, -0.2) is 0 Å². The maximum Gasteiger partial charge on any atom is 0.123 e. The maximum absolute atomic E-state index is 9.37. The average Bonchev–Trinajstić information content (AvgIpc) is 2.66. The molecule has 0 fully saturated rings. The Labute approximate surface area is 163 Å². The van der Waals surface area contributed by atoms with Gasteiger partial charge in [-0.2, -0.15) is 0 Å². The number of phenolic OH excluding ortho intramolecular Hbond substituents is 4. The van der Waals surface area contributed by atoms with Crippen LogP contribution < -0.4 is 5.73 Å². The van der Waals surface area contributed by atoms with E-state index in [1.165, 1.54) is 24.3 Å². The van der Waals surface area contributed by atoms with Crippen molar-refractivity contribution < 1.29 is 20.4 Å². The second-order valence-corrected chi connectivity index (χ2v) is 6.06. The summed E-state index contributed by atoms with van der Waals surface area (Å²) in [5.74, 6) is 0.785. The molecule has 0 aromatic heterocycles. The predicted molar refractivity (Wildman–Crippen MR) is 113 cm³/mol. The molecule has 0 amide bonds. The molecule has 0 aliphatic rings. The van der Waals surface area contributed by atoms with Crippen LogP contribution in [0.2, 0.25) is 0 Å². The zero-order valence-corrected chi connectivity index (χ0v) is 15.4. The number of hydrogen-bond donors (Lipinski definition) is 5. The van der Waals surface area contributed by atoms with Crippen molar-refractivity contribution in [2.45, 2.75) is 6.92 Å². The molecule has 0 spiro atoms. The van der Waals surface area contributed by atoms with Gasteiger partial charge >= 0.3 is 0 Å². The van der Waals surface area contributed by atoms with Crippen LogP contribution in [-0.2, 0) is 0 Å². The highest BCUT2D eigenvalue weighted by molar-refractivity contribution is 5.87. The molecule has 0 aliphatic carbocycles. The summed E-state index contributed by atoms with van der Waals surface area (Å²) < 4.78 is 0. The van der Waals surface area contributed by atoms with E-state index < -0.39 is 0 Å². The highest BCUT2D eigenvalue weighted by atomic mass is 16.3. The summed E-state index contributed by atoms with van der Waals surface area (Å²) in [5, 5.41) is 37.7. The number of nitrogens with two attached hydrogens (primary N) is 1. The third-order valence-electron chi connectivity index (χ3n) is 3.83. The Kier molecular flexibility index (Phi) is 7.11. The topological polar surface area (TPSA) is 107 Å². The number of anilines is 1. The van der Waals surface area contributed by atoms with Gasteiger partial charge in [0.1, 0.15) is 23.0 Å². The lowest BCUT2D eigenvalue weighted by Gasteiger charge is -1.97. The van der Waals surface area contributed by atoms with Gasteiger partial charge in [-0.1, -0.05) is 48.5 Å². The first-order chi connectivity index (χ1) is 13.4. The monoisotopic (exact) mass is 377 g/mol. The fourth-order valence-electron chi connectivity index (χ4n) is 2.33. The highest BCUT2D eigenvalue weighted by Crippen LogP contribution is 2.23. The van der Waals surface area contributed by atoms with Gasteiger partial charge in [-0.3, -0.25) is 0 Å². The quantitative estimate of drug-likeness (QED) is 0.279. The number of rotatable bonds is 0. The van der Waals surface area contributed by atoms with Crippen molar-refractivity contribution >= 4 is 16.5 Å². The van der Waals surface area contributed by atoms with Crippen molar-refractivity contribution in [3.8, 4) is 23.0 Å². The van der Waals surface area contributed by atoms with Gasteiger partial charge in [-0.05, 0) is 42.1 Å². The Bertz CT molecular complexity index is 1020. The molecule has 144 valence electrons. The summed E-state index contributed by atoms with van der Waals surface area (Å²) in [6, 6.07) is 24.2. The van der Waals surface area contributed by atoms with Gasteiger partial charge in [0, 0.05) is 23.2 Å². The van der Waals surface area contributed by atoms with E-state index in [0.29, 0.717) is 11.4 Å². The number of aromatic hydroxyl groups is 4. The molecule has 0 atom stereocenters. The largest absolute Gasteiger partial charge is 0.508 e. The zero-order valence-electron chi connectivity index (χ0n) is 15.4. The van der Waals surface area contributed by atoms with Crippen molar-refractivity contribution in [2.24, 2.45) is 0 Å². The lowest BCUT2D eigenvalue weighted by atomic mass is 10.1. The number of nitrogen functional groups attached to an aromatic ring is 1. The Morgan fingerprint density at radius 1 is 0.607 bits per heavy atom. The first-order valence-corrected chi connectivity index (χ1v) is 8.56. The molecule has 4 aromatic carbocycles. The van der Waals surface area contributed by atoms with Crippen LogP contribution in [0.15, 0.2) is 84.9 Å². The van der Waals surface area contributed by atoms with E-state index in [9.17, 15) is 5.11 Å². The fourth-order valence-corrected chi connectivity index (χ4v) is 2.33. The SMILES string of the molecule is Cc1ccc(N)cc1O.Oc1cccc(O)c1.Oc1cccc2ccccc12. The van der Waals surface area contributed by atoms with Gasteiger partial charge < -0.3 is 26.2 Å². The molecule has 4 aromatic rings. The van der Waals surface area contributed by atoms with Crippen molar-refractivity contribution in [3.05, 3.63) is 90.5 Å². The average molecular weight is 377 g/mol. The lowest BCUT2D eigenvalue weighted by molar-refractivity contribution is 0.450. The van der Waals surface area contributed by atoms with Gasteiger partial charge in [0.25, 0.3) is 0 Å². The first-order valence-electron chi connectivity index (χ1n) is 8.56. The smallest absolute Gasteiger partial charge is 0.123 e. The van der Waals surface area contributed by atoms with Gasteiger partial charge in [0.2, 0.25) is 0 Å². The lowest BCUT2D eigenvalue weighted by Crippen LogP contribution is -1.83. The standard InChI is InChI=1S/C10H8O.C7H9NO.C6H6O2/c11-10-7-3-5-8-4-1-2-6-9(8)10;1-5-2-3-6(8)4-7(5)9;7-5-2-1-3-6(8)4-5/h1-7,11H;2-4,9H,8H2,1H3;1-4,7-8H. The van der Waals surface area contributed by atoms with E-state index in [4.69, 9.17) is 21.1 Å². The minimum atomic E-state index is 0.0880. The molecule has 0 radical (unpaired) electrons. The van der Waals surface area contributed by atoms with Gasteiger partial charge in [-0.15, -0.1) is 0 Å². The van der Waals surface area contributed by atoms with E-state index in [1.807, 2.05) is 43.3 Å². The van der Waals surface area contributed by atoms with Crippen LogP contribution in [0.5, 0.6) is 23.0 Å². The van der Waals surface area contributed by atoms with Crippen LogP contribution in [-0.4, -0.2) is 20.4 Å². The summed E-state index contributed by atoms with van der Waals surface area (Å²) in [7, 11) is 0. The van der Waals surface area contributed by atoms with Crippen molar-refractivity contribution in [1.29, 1.82) is 0 Å². The fraction of sp³-hybridized carbons (Fsp3) is 0.0435. The minimum Gasteiger partial charge on any atom is -0.508 e. The van der Waals surface area contributed by atoms with E-state index in [-0.39, 0.29) is 17.2 Å². The molecule has 0 aliphatic heterocycles.